The molecule has 1 heterocycles. The van der Waals surface area contributed by atoms with Crippen LogP contribution in [0.2, 0.25) is 0 Å². The average Bonchev–Trinajstić information content (AvgIpc) is 3.15. The number of methoxy groups -OCH3 is 1. The summed E-state index contributed by atoms with van der Waals surface area (Å²) in [6, 6.07) is 15.4. The SMILES string of the molecule is COc1cccc(NC(=O)CCc2nc(-c3ccc(C(C)(C)C)cc3)no2)c1. The van der Waals surface area contributed by atoms with Gasteiger partial charge in [0.1, 0.15) is 5.75 Å². The first-order valence-corrected chi connectivity index (χ1v) is 9.22. The highest BCUT2D eigenvalue weighted by atomic mass is 16.5. The van der Waals surface area contributed by atoms with Gasteiger partial charge in [0.2, 0.25) is 17.6 Å². The van der Waals surface area contributed by atoms with Crippen molar-refractivity contribution in [3.63, 3.8) is 0 Å². The molecule has 146 valence electrons. The van der Waals surface area contributed by atoms with Gasteiger partial charge >= 0.3 is 0 Å². The highest BCUT2D eigenvalue weighted by Gasteiger charge is 2.15. The first-order chi connectivity index (χ1) is 13.3. The summed E-state index contributed by atoms with van der Waals surface area (Å²) in [7, 11) is 1.59. The van der Waals surface area contributed by atoms with Crippen molar-refractivity contribution < 1.29 is 14.1 Å². The minimum Gasteiger partial charge on any atom is -0.497 e. The summed E-state index contributed by atoms with van der Waals surface area (Å²) in [5.41, 5.74) is 2.92. The van der Waals surface area contributed by atoms with Crippen molar-refractivity contribution in [2.24, 2.45) is 0 Å². The zero-order valence-corrected chi connectivity index (χ0v) is 16.7. The van der Waals surface area contributed by atoms with Gasteiger partial charge in [-0.3, -0.25) is 4.79 Å². The van der Waals surface area contributed by atoms with Crippen LogP contribution in [0.25, 0.3) is 11.4 Å². The number of anilines is 1. The lowest BCUT2D eigenvalue weighted by atomic mass is 9.87. The maximum absolute atomic E-state index is 12.2. The molecule has 1 N–H and O–H groups in total. The molecule has 0 aliphatic heterocycles. The van der Waals surface area contributed by atoms with Gasteiger partial charge in [0.25, 0.3) is 0 Å². The molecule has 6 nitrogen and oxygen atoms in total. The molecule has 0 atom stereocenters. The number of benzene rings is 2. The quantitative estimate of drug-likeness (QED) is 0.676. The molecule has 0 aliphatic carbocycles. The van der Waals surface area contributed by atoms with Gasteiger partial charge in [0, 0.05) is 30.2 Å². The molecule has 28 heavy (non-hydrogen) atoms. The molecule has 0 bridgehead atoms. The number of hydrogen-bond donors (Lipinski definition) is 1. The van der Waals surface area contributed by atoms with Gasteiger partial charge in [0.15, 0.2) is 0 Å². The van der Waals surface area contributed by atoms with Crippen molar-refractivity contribution in [1.29, 1.82) is 0 Å². The molecular weight excluding hydrogens is 354 g/mol. The molecule has 3 aromatic rings. The Bertz CT molecular complexity index is 940. The van der Waals surface area contributed by atoms with E-state index in [0.29, 0.717) is 29.6 Å². The normalized spacial score (nSPS) is 11.3. The second kappa shape index (κ2) is 8.25. The Morgan fingerprint density at radius 2 is 1.89 bits per heavy atom. The summed E-state index contributed by atoms with van der Waals surface area (Å²) < 4.78 is 10.4. The van der Waals surface area contributed by atoms with E-state index >= 15 is 0 Å². The van der Waals surface area contributed by atoms with Gasteiger partial charge in [-0.25, -0.2) is 0 Å². The first kappa shape index (κ1) is 19.6. The number of ether oxygens (including phenoxy) is 1. The summed E-state index contributed by atoms with van der Waals surface area (Å²) in [5, 5.41) is 6.87. The summed E-state index contributed by atoms with van der Waals surface area (Å²) in [4.78, 5) is 16.6. The molecule has 6 heteroatoms. The molecule has 0 spiro atoms. The predicted molar refractivity (Wildman–Crippen MR) is 108 cm³/mol. The van der Waals surface area contributed by atoms with E-state index in [4.69, 9.17) is 9.26 Å². The summed E-state index contributed by atoms with van der Waals surface area (Å²) in [6.07, 6.45) is 0.630. The van der Waals surface area contributed by atoms with E-state index in [2.05, 4.69) is 48.4 Å². The summed E-state index contributed by atoms with van der Waals surface area (Å²) in [6.45, 7) is 6.51. The van der Waals surface area contributed by atoms with E-state index in [9.17, 15) is 4.79 Å². The van der Waals surface area contributed by atoms with Crippen LogP contribution < -0.4 is 10.1 Å². The van der Waals surface area contributed by atoms with Gasteiger partial charge in [-0.15, -0.1) is 0 Å². The highest BCUT2D eigenvalue weighted by molar-refractivity contribution is 5.90. The van der Waals surface area contributed by atoms with Crippen LogP contribution in [-0.2, 0) is 16.6 Å². The zero-order chi connectivity index (χ0) is 20.1. The number of nitrogens with one attached hydrogen (secondary N) is 1. The Balaban J connectivity index is 1.57. The molecule has 0 saturated heterocycles. The lowest BCUT2D eigenvalue weighted by Gasteiger charge is -2.18. The fourth-order valence-corrected chi connectivity index (χ4v) is 2.74. The maximum atomic E-state index is 12.2. The smallest absolute Gasteiger partial charge is 0.227 e. The van der Waals surface area contributed by atoms with Gasteiger partial charge in [-0.2, -0.15) is 4.98 Å². The van der Waals surface area contributed by atoms with Crippen LogP contribution in [0.1, 0.15) is 38.6 Å². The van der Waals surface area contributed by atoms with Gasteiger partial charge < -0.3 is 14.6 Å². The molecule has 0 radical (unpaired) electrons. The van der Waals surface area contributed by atoms with Crippen molar-refractivity contribution in [2.75, 3.05) is 12.4 Å². The Hall–Kier alpha value is -3.15. The second-order valence-electron chi connectivity index (χ2n) is 7.62. The monoisotopic (exact) mass is 379 g/mol. The third kappa shape index (κ3) is 4.97. The predicted octanol–water partition coefficient (Wildman–Crippen LogP) is 4.61. The third-order valence-electron chi connectivity index (χ3n) is 4.40. The van der Waals surface area contributed by atoms with Crippen molar-refractivity contribution in [1.82, 2.24) is 10.1 Å². The largest absolute Gasteiger partial charge is 0.497 e. The number of aromatic nitrogens is 2. The lowest BCUT2D eigenvalue weighted by molar-refractivity contribution is -0.116. The van der Waals surface area contributed by atoms with Crippen LogP contribution in [0.5, 0.6) is 5.75 Å². The molecule has 1 aromatic heterocycles. The van der Waals surface area contributed by atoms with E-state index in [1.54, 1.807) is 13.2 Å². The Labute approximate surface area is 164 Å². The molecule has 1 amide bonds. The molecule has 0 unspecified atom stereocenters. The van der Waals surface area contributed by atoms with Crippen LogP contribution in [0.15, 0.2) is 53.1 Å². The van der Waals surface area contributed by atoms with Crippen LogP contribution >= 0.6 is 0 Å². The molecule has 0 fully saturated rings. The van der Waals surface area contributed by atoms with E-state index in [1.807, 2.05) is 30.3 Å². The molecule has 3 rings (SSSR count). The fourth-order valence-electron chi connectivity index (χ4n) is 2.74. The second-order valence-corrected chi connectivity index (χ2v) is 7.62. The highest BCUT2D eigenvalue weighted by Crippen LogP contribution is 2.25. The third-order valence-corrected chi connectivity index (χ3v) is 4.40. The lowest BCUT2D eigenvalue weighted by Crippen LogP contribution is -2.12. The van der Waals surface area contributed by atoms with Gasteiger partial charge in [0.05, 0.1) is 7.11 Å². The van der Waals surface area contributed by atoms with E-state index < -0.39 is 0 Å². The van der Waals surface area contributed by atoms with Gasteiger partial charge in [-0.05, 0) is 23.1 Å². The standard InChI is InChI=1S/C22H25N3O3/c1-22(2,3)16-10-8-15(9-11-16)21-24-20(28-25-21)13-12-19(26)23-17-6-5-7-18(14-17)27-4/h5-11,14H,12-13H2,1-4H3,(H,23,26). The minimum atomic E-state index is -0.123. The average molecular weight is 379 g/mol. The van der Waals surface area contributed by atoms with Crippen molar-refractivity contribution in [2.45, 2.75) is 39.0 Å². The first-order valence-electron chi connectivity index (χ1n) is 9.22. The summed E-state index contributed by atoms with van der Waals surface area (Å²) >= 11 is 0. The number of carbonyl (C=O) groups is 1. The van der Waals surface area contributed by atoms with E-state index in [-0.39, 0.29) is 17.7 Å². The van der Waals surface area contributed by atoms with E-state index in [0.717, 1.165) is 5.56 Å². The zero-order valence-electron chi connectivity index (χ0n) is 16.7. The number of carbonyl (C=O) groups excluding carboxylic acids is 1. The minimum absolute atomic E-state index is 0.0943. The van der Waals surface area contributed by atoms with Crippen molar-refractivity contribution in [3.8, 4) is 17.1 Å². The van der Waals surface area contributed by atoms with Crippen molar-refractivity contribution >= 4 is 11.6 Å². The van der Waals surface area contributed by atoms with E-state index in [1.165, 1.54) is 5.56 Å². The van der Waals surface area contributed by atoms with Crippen LogP contribution in [-0.4, -0.2) is 23.2 Å². The molecular formula is C22H25N3O3. The fraction of sp³-hybridized carbons (Fsp3) is 0.318. The molecule has 0 saturated carbocycles. The number of amides is 1. The summed E-state index contributed by atoms with van der Waals surface area (Å²) in [5.74, 6) is 1.54. The Morgan fingerprint density at radius 1 is 1.14 bits per heavy atom. The number of rotatable bonds is 6. The van der Waals surface area contributed by atoms with Gasteiger partial charge in [-0.1, -0.05) is 56.3 Å². The maximum Gasteiger partial charge on any atom is 0.227 e. The number of hydrogen-bond acceptors (Lipinski definition) is 5. The molecule has 0 aliphatic rings. The molecule has 2 aromatic carbocycles. The van der Waals surface area contributed by atoms with Crippen LogP contribution in [0, 0.1) is 0 Å². The Kier molecular flexibility index (Phi) is 5.78. The van der Waals surface area contributed by atoms with Crippen LogP contribution in [0.4, 0.5) is 5.69 Å². The number of nitrogens with zero attached hydrogens (tertiary/aromatic N) is 2. The Morgan fingerprint density at radius 3 is 2.57 bits per heavy atom. The topological polar surface area (TPSA) is 77.2 Å². The van der Waals surface area contributed by atoms with Crippen LogP contribution in [0.3, 0.4) is 0 Å². The van der Waals surface area contributed by atoms with Crippen molar-refractivity contribution in [3.05, 3.63) is 60.0 Å². The number of aryl methyl sites for hydroxylation is 1.